The highest BCUT2D eigenvalue weighted by atomic mass is 16.6. The number of fused-ring (bicyclic) bond motifs is 1. The summed E-state index contributed by atoms with van der Waals surface area (Å²) in [6.45, 7) is 0. The van der Waals surface area contributed by atoms with Crippen LogP contribution in [0.25, 0.3) is 22.1 Å². The van der Waals surface area contributed by atoms with Gasteiger partial charge in [-0.25, -0.2) is 0 Å². The number of rotatable bonds is 3. The summed E-state index contributed by atoms with van der Waals surface area (Å²) >= 11 is 0. The number of nitrogens with zero attached hydrogens (tertiary/aromatic N) is 2. The van der Waals surface area contributed by atoms with Gasteiger partial charge in [-0.3, -0.25) is 10.1 Å². The van der Waals surface area contributed by atoms with Crippen LogP contribution in [-0.2, 0) is 6.42 Å². The van der Waals surface area contributed by atoms with E-state index < -0.39 is 4.92 Å². The lowest BCUT2D eigenvalue weighted by Gasteiger charge is -2.00. The molecular formula is C16H10N2O3. The molecule has 0 atom stereocenters. The Hall–Kier alpha value is -3.13. The second-order valence-corrected chi connectivity index (χ2v) is 4.57. The Labute approximate surface area is 120 Å². The van der Waals surface area contributed by atoms with Gasteiger partial charge in [0.2, 0.25) is 0 Å². The third-order valence-electron chi connectivity index (χ3n) is 3.27. The van der Waals surface area contributed by atoms with Crippen molar-refractivity contribution in [2.45, 2.75) is 6.42 Å². The Morgan fingerprint density at radius 2 is 1.86 bits per heavy atom. The summed E-state index contributed by atoms with van der Waals surface area (Å²) in [5, 5.41) is 20.6. The Bertz CT molecular complexity index is 857. The maximum Gasteiger partial charge on any atom is 0.442 e. The lowest BCUT2D eigenvalue weighted by Crippen LogP contribution is -1.89. The van der Waals surface area contributed by atoms with Gasteiger partial charge in [-0.2, -0.15) is 5.26 Å². The van der Waals surface area contributed by atoms with Crippen molar-refractivity contribution in [3.8, 4) is 17.2 Å². The molecule has 1 aromatic heterocycles. The number of benzene rings is 2. The van der Waals surface area contributed by atoms with Gasteiger partial charge < -0.3 is 4.42 Å². The zero-order chi connectivity index (χ0) is 14.8. The quantitative estimate of drug-likeness (QED) is 0.534. The van der Waals surface area contributed by atoms with Crippen molar-refractivity contribution in [1.82, 2.24) is 0 Å². The highest BCUT2D eigenvalue weighted by Crippen LogP contribution is 2.39. The van der Waals surface area contributed by atoms with Crippen LogP contribution in [0.2, 0.25) is 0 Å². The normalized spacial score (nSPS) is 10.4. The van der Waals surface area contributed by atoms with E-state index in [1.54, 1.807) is 42.5 Å². The highest BCUT2D eigenvalue weighted by Gasteiger charge is 2.24. The molecule has 0 bridgehead atoms. The first kappa shape index (κ1) is 12.9. The minimum atomic E-state index is -0.515. The fourth-order valence-corrected chi connectivity index (χ4v) is 2.32. The van der Waals surface area contributed by atoms with E-state index in [-0.39, 0.29) is 5.88 Å². The molecule has 0 aliphatic rings. The van der Waals surface area contributed by atoms with E-state index in [1.165, 1.54) is 0 Å². The molecule has 21 heavy (non-hydrogen) atoms. The maximum atomic E-state index is 11.2. The summed E-state index contributed by atoms with van der Waals surface area (Å²) in [6, 6.07) is 16.3. The molecule has 0 fully saturated rings. The molecule has 0 unspecified atom stereocenters. The summed E-state index contributed by atoms with van der Waals surface area (Å²) in [7, 11) is 0. The smallest absolute Gasteiger partial charge is 0.400 e. The molecular weight excluding hydrogens is 268 g/mol. The van der Waals surface area contributed by atoms with Crippen molar-refractivity contribution in [2.24, 2.45) is 0 Å². The van der Waals surface area contributed by atoms with Crippen LogP contribution in [0, 0.1) is 21.4 Å². The molecule has 0 aliphatic carbocycles. The Morgan fingerprint density at radius 1 is 1.14 bits per heavy atom. The first-order chi connectivity index (χ1) is 10.2. The SMILES string of the molecule is N#CCc1ccc(-c2c([N+](=O)[O-])oc3ccccc23)cc1. The van der Waals surface area contributed by atoms with E-state index >= 15 is 0 Å². The summed E-state index contributed by atoms with van der Waals surface area (Å²) in [5.74, 6) is -0.260. The van der Waals surface area contributed by atoms with E-state index in [9.17, 15) is 10.1 Å². The number of hydrogen-bond donors (Lipinski definition) is 0. The van der Waals surface area contributed by atoms with E-state index in [4.69, 9.17) is 9.68 Å². The molecule has 0 saturated heterocycles. The van der Waals surface area contributed by atoms with Gasteiger partial charge in [-0.1, -0.05) is 42.5 Å². The molecule has 0 radical (unpaired) electrons. The van der Waals surface area contributed by atoms with Crippen molar-refractivity contribution in [3.63, 3.8) is 0 Å². The number of nitro groups is 1. The second-order valence-electron chi connectivity index (χ2n) is 4.57. The average molecular weight is 278 g/mol. The highest BCUT2D eigenvalue weighted by molar-refractivity contribution is 5.98. The van der Waals surface area contributed by atoms with Gasteiger partial charge in [-0.15, -0.1) is 0 Å². The van der Waals surface area contributed by atoms with Crippen LogP contribution in [-0.4, -0.2) is 4.92 Å². The molecule has 1 heterocycles. The number of para-hydroxylation sites is 1. The molecule has 0 spiro atoms. The molecule has 5 heteroatoms. The van der Waals surface area contributed by atoms with Gasteiger partial charge >= 0.3 is 5.88 Å². The monoisotopic (exact) mass is 278 g/mol. The third kappa shape index (κ3) is 2.23. The minimum absolute atomic E-state index is 0.260. The predicted molar refractivity (Wildman–Crippen MR) is 77.6 cm³/mol. The largest absolute Gasteiger partial charge is 0.442 e. The molecule has 0 N–H and O–H groups in total. The molecule has 3 aromatic rings. The standard InChI is InChI=1S/C16H10N2O3/c17-10-9-11-5-7-12(8-6-11)15-13-3-1-2-4-14(13)21-16(15)18(19)20/h1-8H,9H2. The van der Waals surface area contributed by atoms with Crippen LogP contribution < -0.4 is 0 Å². The topological polar surface area (TPSA) is 80.1 Å². The van der Waals surface area contributed by atoms with Gasteiger partial charge in [-0.05, 0) is 17.2 Å². The molecule has 0 aliphatic heterocycles. The molecule has 0 amide bonds. The molecule has 5 nitrogen and oxygen atoms in total. The van der Waals surface area contributed by atoms with Crippen LogP contribution in [0.15, 0.2) is 52.9 Å². The first-order valence-electron chi connectivity index (χ1n) is 6.33. The summed E-state index contributed by atoms with van der Waals surface area (Å²) in [5.41, 5.74) is 2.53. The zero-order valence-corrected chi connectivity index (χ0v) is 10.9. The number of hydrogen-bond acceptors (Lipinski definition) is 4. The van der Waals surface area contributed by atoms with Crippen LogP contribution >= 0.6 is 0 Å². The van der Waals surface area contributed by atoms with Crippen LogP contribution in [0.1, 0.15) is 5.56 Å². The molecule has 102 valence electrons. The second kappa shape index (κ2) is 5.10. The maximum absolute atomic E-state index is 11.2. The predicted octanol–water partition coefficient (Wildman–Crippen LogP) is 4.07. The lowest BCUT2D eigenvalue weighted by atomic mass is 10.0. The van der Waals surface area contributed by atoms with Gasteiger partial charge in [0.05, 0.1) is 12.5 Å². The third-order valence-corrected chi connectivity index (χ3v) is 3.27. The Morgan fingerprint density at radius 3 is 2.52 bits per heavy atom. The molecule has 3 rings (SSSR count). The van der Waals surface area contributed by atoms with Crippen LogP contribution in [0.4, 0.5) is 5.88 Å². The van der Waals surface area contributed by atoms with E-state index in [1.807, 2.05) is 6.07 Å². The van der Waals surface area contributed by atoms with E-state index in [0.29, 0.717) is 28.5 Å². The molecule has 0 saturated carbocycles. The molecule has 2 aromatic carbocycles. The fourth-order valence-electron chi connectivity index (χ4n) is 2.32. The minimum Gasteiger partial charge on any atom is -0.400 e. The summed E-state index contributed by atoms with van der Waals surface area (Å²) < 4.78 is 5.34. The van der Waals surface area contributed by atoms with Crippen molar-refractivity contribution >= 4 is 16.9 Å². The van der Waals surface area contributed by atoms with E-state index in [2.05, 4.69) is 6.07 Å². The lowest BCUT2D eigenvalue weighted by molar-refractivity contribution is -0.400. The number of nitriles is 1. The van der Waals surface area contributed by atoms with Crippen molar-refractivity contribution in [2.75, 3.05) is 0 Å². The first-order valence-corrected chi connectivity index (χ1v) is 6.33. The van der Waals surface area contributed by atoms with Crippen molar-refractivity contribution in [3.05, 3.63) is 64.2 Å². The average Bonchev–Trinajstić information content (AvgIpc) is 2.88. The number of furan rings is 1. The zero-order valence-electron chi connectivity index (χ0n) is 10.9. The van der Waals surface area contributed by atoms with Gasteiger partial charge in [0.15, 0.2) is 0 Å². The Kier molecular flexibility index (Phi) is 3.13. The van der Waals surface area contributed by atoms with Crippen LogP contribution in [0.3, 0.4) is 0 Å². The van der Waals surface area contributed by atoms with Crippen molar-refractivity contribution in [1.29, 1.82) is 5.26 Å². The Balaban J connectivity index is 2.21. The van der Waals surface area contributed by atoms with Gasteiger partial charge in [0.25, 0.3) is 0 Å². The van der Waals surface area contributed by atoms with Gasteiger partial charge in [0, 0.05) is 5.39 Å². The summed E-state index contributed by atoms with van der Waals surface area (Å²) in [4.78, 5) is 10.7. The van der Waals surface area contributed by atoms with Crippen LogP contribution in [0.5, 0.6) is 0 Å². The summed E-state index contributed by atoms with van der Waals surface area (Å²) in [6.07, 6.45) is 0.314. The van der Waals surface area contributed by atoms with E-state index in [0.717, 1.165) is 5.56 Å². The van der Waals surface area contributed by atoms with Gasteiger partial charge in [0.1, 0.15) is 16.1 Å². The van der Waals surface area contributed by atoms with Crippen molar-refractivity contribution < 1.29 is 9.34 Å². The fraction of sp³-hybridized carbons (Fsp3) is 0.0625.